The van der Waals surface area contributed by atoms with Crippen molar-refractivity contribution in [2.24, 2.45) is 0 Å². The van der Waals surface area contributed by atoms with Crippen molar-refractivity contribution >= 4 is 11.8 Å². The van der Waals surface area contributed by atoms with Crippen molar-refractivity contribution in [2.75, 3.05) is 33.3 Å². The Morgan fingerprint density at radius 3 is 2.31 bits per heavy atom. The van der Waals surface area contributed by atoms with E-state index in [1.807, 2.05) is 0 Å². The Morgan fingerprint density at radius 2 is 1.73 bits per heavy atom. The second-order valence-corrected chi connectivity index (χ2v) is 6.10. The number of piperazine rings is 1. The number of carbonyl (C=O) groups excluding carboxylic acids is 2. The van der Waals surface area contributed by atoms with E-state index in [-0.39, 0.29) is 11.8 Å². The van der Waals surface area contributed by atoms with Crippen LogP contribution in [0.1, 0.15) is 22.6 Å². The molecule has 0 N–H and O–H groups in total. The van der Waals surface area contributed by atoms with E-state index in [1.54, 1.807) is 52.8 Å². The highest BCUT2D eigenvalue weighted by Crippen LogP contribution is 2.14. The number of methoxy groups -OCH3 is 1. The van der Waals surface area contributed by atoms with Crippen LogP contribution >= 0.6 is 0 Å². The van der Waals surface area contributed by atoms with Gasteiger partial charge in [0.1, 0.15) is 11.6 Å². The maximum Gasteiger partial charge on any atom is 0.253 e. The molecule has 26 heavy (non-hydrogen) atoms. The molecule has 0 aliphatic carbocycles. The first kappa shape index (κ1) is 17.8. The molecule has 9 heteroatoms. The largest absolute Gasteiger partial charge is 0.497 e. The lowest BCUT2D eigenvalue weighted by Crippen LogP contribution is -2.50. The number of nitrogens with zero attached hydrogens (tertiary/aromatic N) is 6. The summed E-state index contributed by atoms with van der Waals surface area (Å²) in [5, 5.41) is 11.2. The van der Waals surface area contributed by atoms with Gasteiger partial charge in [0, 0.05) is 38.2 Å². The fourth-order valence-electron chi connectivity index (χ4n) is 2.89. The molecule has 0 bridgehead atoms. The first-order chi connectivity index (χ1) is 12.6. The van der Waals surface area contributed by atoms with Crippen LogP contribution in [0, 0.1) is 6.92 Å². The lowest BCUT2D eigenvalue weighted by atomic mass is 10.1. The van der Waals surface area contributed by atoms with Crippen molar-refractivity contribution in [1.29, 1.82) is 0 Å². The molecule has 0 saturated carbocycles. The van der Waals surface area contributed by atoms with Crippen LogP contribution in [0.15, 0.2) is 24.3 Å². The quantitative estimate of drug-likeness (QED) is 0.766. The minimum absolute atomic E-state index is 0.0240. The lowest BCUT2D eigenvalue weighted by molar-refractivity contribution is -0.132. The Bertz CT molecular complexity index is 765. The number of aryl methyl sites for hydroxylation is 2. The number of hydrogen-bond acceptors (Lipinski definition) is 6. The molecule has 1 aliphatic rings. The number of ether oxygens (including phenoxy) is 1. The third kappa shape index (κ3) is 3.98. The Hall–Kier alpha value is -2.97. The van der Waals surface area contributed by atoms with Crippen LogP contribution in [0.5, 0.6) is 5.75 Å². The molecular weight excluding hydrogens is 336 g/mol. The maximum atomic E-state index is 12.6. The van der Waals surface area contributed by atoms with Gasteiger partial charge in [-0.15, -0.1) is 5.10 Å². The molecule has 1 saturated heterocycles. The average Bonchev–Trinajstić information content (AvgIpc) is 3.10. The molecule has 9 nitrogen and oxygen atoms in total. The molecule has 1 fully saturated rings. The van der Waals surface area contributed by atoms with Gasteiger partial charge in [-0.2, -0.15) is 0 Å². The topological polar surface area (TPSA) is 93.5 Å². The summed E-state index contributed by atoms with van der Waals surface area (Å²) in [6.45, 7) is 4.39. The summed E-state index contributed by atoms with van der Waals surface area (Å²) in [5.41, 5.74) is 0.625. The first-order valence-electron chi connectivity index (χ1n) is 8.52. The van der Waals surface area contributed by atoms with E-state index < -0.39 is 0 Å². The Balaban J connectivity index is 1.49. The number of hydrogen-bond donors (Lipinski definition) is 0. The number of rotatable bonds is 5. The molecule has 0 unspecified atom stereocenters. The number of amides is 2. The second-order valence-electron chi connectivity index (χ2n) is 6.10. The predicted molar refractivity (Wildman–Crippen MR) is 92.6 cm³/mol. The van der Waals surface area contributed by atoms with Crippen LogP contribution in [0.3, 0.4) is 0 Å². The molecule has 2 heterocycles. The van der Waals surface area contributed by atoms with Gasteiger partial charge >= 0.3 is 0 Å². The fraction of sp³-hybridized carbons (Fsp3) is 0.471. The number of aromatic nitrogens is 4. The van der Waals surface area contributed by atoms with Crippen LogP contribution in [-0.2, 0) is 11.3 Å². The third-order valence-corrected chi connectivity index (χ3v) is 4.50. The average molecular weight is 358 g/mol. The summed E-state index contributed by atoms with van der Waals surface area (Å²) in [4.78, 5) is 28.5. The van der Waals surface area contributed by atoms with Crippen LogP contribution in [0.4, 0.5) is 0 Å². The molecule has 0 atom stereocenters. The SMILES string of the molecule is COc1ccc(C(=O)N2CCN(C(=O)CCn3nnnc3C)CC2)cc1. The number of benzene rings is 1. The summed E-state index contributed by atoms with van der Waals surface area (Å²) >= 11 is 0. The lowest BCUT2D eigenvalue weighted by Gasteiger charge is -2.35. The highest BCUT2D eigenvalue weighted by Gasteiger charge is 2.24. The van der Waals surface area contributed by atoms with E-state index in [4.69, 9.17) is 4.74 Å². The van der Waals surface area contributed by atoms with Gasteiger partial charge in [0.25, 0.3) is 5.91 Å². The van der Waals surface area contributed by atoms with Crippen molar-refractivity contribution < 1.29 is 14.3 Å². The smallest absolute Gasteiger partial charge is 0.253 e. The van der Waals surface area contributed by atoms with Crippen molar-refractivity contribution in [2.45, 2.75) is 19.9 Å². The van der Waals surface area contributed by atoms with Gasteiger partial charge < -0.3 is 14.5 Å². The number of carbonyl (C=O) groups is 2. The molecule has 2 aromatic rings. The zero-order valence-corrected chi connectivity index (χ0v) is 15.0. The van der Waals surface area contributed by atoms with Gasteiger partial charge in [-0.05, 0) is 41.6 Å². The van der Waals surface area contributed by atoms with Gasteiger partial charge in [-0.3, -0.25) is 9.59 Å². The zero-order chi connectivity index (χ0) is 18.5. The molecule has 0 spiro atoms. The summed E-state index contributed by atoms with van der Waals surface area (Å²) < 4.78 is 6.72. The number of tetrazole rings is 1. The molecule has 1 aliphatic heterocycles. The highest BCUT2D eigenvalue weighted by atomic mass is 16.5. The van der Waals surface area contributed by atoms with Crippen molar-refractivity contribution in [3.63, 3.8) is 0 Å². The van der Waals surface area contributed by atoms with Crippen LogP contribution < -0.4 is 4.74 Å². The van der Waals surface area contributed by atoms with E-state index >= 15 is 0 Å². The monoisotopic (exact) mass is 358 g/mol. The highest BCUT2D eigenvalue weighted by molar-refractivity contribution is 5.94. The van der Waals surface area contributed by atoms with E-state index in [0.29, 0.717) is 50.5 Å². The van der Waals surface area contributed by atoms with E-state index in [1.165, 1.54) is 0 Å². The van der Waals surface area contributed by atoms with Crippen molar-refractivity contribution in [1.82, 2.24) is 30.0 Å². The summed E-state index contributed by atoms with van der Waals surface area (Å²) in [6, 6.07) is 7.06. The second kappa shape index (κ2) is 7.94. The van der Waals surface area contributed by atoms with Crippen LogP contribution in [0.25, 0.3) is 0 Å². The van der Waals surface area contributed by atoms with Crippen molar-refractivity contribution in [3.8, 4) is 5.75 Å². The van der Waals surface area contributed by atoms with E-state index in [0.717, 1.165) is 5.75 Å². The third-order valence-electron chi connectivity index (χ3n) is 4.50. The summed E-state index contributed by atoms with van der Waals surface area (Å²) in [5.74, 6) is 1.43. The first-order valence-corrected chi connectivity index (χ1v) is 8.52. The van der Waals surface area contributed by atoms with E-state index in [9.17, 15) is 9.59 Å². The van der Waals surface area contributed by atoms with Gasteiger partial charge in [0.15, 0.2) is 0 Å². The minimum Gasteiger partial charge on any atom is -0.497 e. The maximum absolute atomic E-state index is 12.6. The van der Waals surface area contributed by atoms with E-state index in [2.05, 4.69) is 15.5 Å². The van der Waals surface area contributed by atoms with Crippen LogP contribution in [0.2, 0.25) is 0 Å². The molecular formula is C17H22N6O3. The normalized spacial score (nSPS) is 14.4. The molecule has 3 rings (SSSR count). The molecule has 0 radical (unpaired) electrons. The molecule has 1 aromatic carbocycles. The zero-order valence-electron chi connectivity index (χ0n) is 15.0. The van der Waals surface area contributed by atoms with Gasteiger partial charge in [-0.25, -0.2) is 4.68 Å². The standard InChI is InChI=1S/C17H22N6O3/c1-13-18-19-20-23(13)8-7-16(24)21-9-11-22(12-10-21)17(25)14-3-5-15(26-2)6-4-14/h3-6H,7-12H2,1-2H3. The van der Waals surface area contributed by atoms with Gasteiger partial charge in [0.2, 0.25) is 5.91 Å². The van der Waals surface area contributed by atoms with Gasteiger partial charge in [0.05, 0.1) is 13.7 Å². The summed E-state index contributed by atoms with van der Waals surface area (Å²) in [7, 11) is 1.59. The fourth-order valence-corrected chi connectivity index (χ4v) is 2.89. The Labute approximate surface area is 151 Å². The Morgan fingerprint density at radius 1 is 1.08 bits per heavy atom. The van der Waals surface area contributed by atoms with Crippen LogP contribution in [-0.4, -0.2) is 75.1 Å². The van der Waals surface area contributed by atoms with Gasteiger partial charge in [-0.1, -0.05) is 0 Å². The minimum atomic E-state index is -0.0240. The molecule has 2 amide bonds. The van der Waals surface area contributed by atoms with Crippen molar-refractivity contribution in [3.05, 3.63) is 35.7 Å². The summed E-state index contributed by atoms with van der Waals surface area (Å²) in [6.07, 6.45) is 0.346. The molecule has 138 valence electrons. The Kier molecular flexibility index (Phi) is 5.45. The molecule has 1 aromatic heterocycles. The predicted octanol–water partition coefficient (Wildman–Crippen LogP) is 0.365.